The molecule has 0 bridgehead atoms. The number of benzene rings is 2. The summed E-state index contributed by atoms with van der Waals surface area (Å²) in [5.41, 5.74) is 5.10. The van der Waals surface area contributed by atoms with Gasteiger partial charge in [0.2, 0.25) is 0 Å². The zero-order valence-corrected chi connectivity index (χ0v) is 17.7. The molecule has 0 aliphatic rings. The summed E-state index contributed by atoms with van der Waals surface area (Å²) in [4.78, 5) is 15.2. The number of aryl methyl sites for hydroxylation is 1. The molecule has 154 valence electrons. The average Bonchev–Trinajstić information content (AvgIpc) is 3.09. The van der Waals surface area contributed by atoms with Crippen molar-refractivity contribution in [3.8, 4) is 0 Å². The van der Waals surface area contributed by atoms with Crippen LogP contribution in [0, 0.1) is 6.92 Å². The SMILES string of the molecule is Cc1nn(Cc2ccccc2)c2ccc(Nc3ncnc4cnc(N(C)C)cc34)cc12. The molecule has 0 saturated carbocycles. The average molecular weight is 409 g/mol. The van der Waals surface area contributed by atoms with E-state index in [4.69, 9.17) is 5.10 Å². The number of hydrogen-bond donors (Lipinski definition) is 1. The number of hydrogen-bond acceptors (Lipinski definition) is 6. The quantitative estimate of drug-likeness (QED) is 0.459. The lowest BCUT2D eigenvalue weighted by atomic mass is 10.2. The summed E-state index contributed by atoms with van der Waals surface area (Å²) >= 11 is 0. The molecule has 5 rings (SSSR count). The third kappa shape index (κ3) is 3.66. The number of fused-ring (bicyclic) bond motifs is 2. The fourth-order valence-corrected chi connectivity index (χ4v) is 3.72. The number of rotatable bonds is 5. The summed E-state index contributed by atoms with van der Waals surface area (Å²) in [6.45, 7) is 2.79. The minimum atomic E-state index is 0.745. The monoisotopic (exact) mass is 409 g/mol. The van der Waals surface area contributed by atoms with Gasteiger partial charge >= 0.3 is 0 Å². The maximum atomic E-state index is 4.76. The Morgan fingerprint density at radius 3 is 2.58 bits per heavy atom. The lowest BCUT2D eigenvalue weighted by Crippen LogP contribution is -2.10. The van der Waals surface area contributed by atoms with E-state index in [2.05, 4.69) is 67.4 Å². The van der Waals surface area contributed by atoms with Gasteiger partial charge in [-0.2, -0.15) is 5.10 Å². The van der Waals surface area contributed by atoms with Gasteiger partial charge in [-0.05, 0) is 36.8 Å². The van der Waals surface area contributed by atoms with Crippen LogP contribution in [-0.2, 0) is 6.54 Å². The Labute approximate surface area is 180 Å². The van der Waals surface area contributed by atoms with Crippen molar-refractivity contribution in [2.24, 2.45) is 0 Å². The summed E-state index contributed by atoms with van der Waals surface area (Å²) in [6, 6.07) is 18.7. The van der Waals surface area contributed by atoms with Crippen LogP contribution >= 0.6 is 0 Å². The van der Waals surface area contributed by atoms with Gasteiger partial charge in [0.05, 0.1) is 29.5 Å². The number of nitrogens with zero attached hydrogens (tertiary/aromatic N) is 6. The molecule has 3 heterocycles. The van der Waals surface area contributed by atoms with Crippen molar-refractivity contribution in [1.82, 2.24) is 24.7 Å². The third-order valence-corrected chi connectivity index (χ3v) is 5.34. The summed E-state index contributed by atoms with van der Waals surface area (Å²) in [5.74, 6) is 1.61. The molecule has 0 atom stereocenters. The van der Waals surface area contributed by atoms with Crippen molar-refractivity contribution in [3.05, 3.63) is 78.4 Å². The van der Waals surface area contributed by atoms with Gasteiger partial charge in [-0.3, -0.25) is 4.68 Å². The van der Waals surface area contributed by atoms with E-state index in [1.54, 1.807) is 12.5 Å². The van der Waals surface area contributed by atoms with Crippen LogP contribution in [0.2, 0.25) is 0 Å². The molecule has 0 aliphatic heterocycles. The normalized spacial score (nSPS) is 11.2. The van der Waals surface area contributed by atoms with E-state index in [1.165, 1.54) is 5.56 Å². The maximum absolute atomic E-state index is 4.76. The molecule has 0 radical (unpaired) electrons. The predicted molar refractivity (Wildman–Crippen MR) is 125 cm³/mol. The first-order chi connectivity index (χ1) is 15.1. The highest BCUT2D eigenvalue weighted by Crippen LogP contribution is 2.28. The first-order valence-electron chi connectivity index (χ1n) is 10.1. The molecule has 0 spiro atoms. The summed E-state index contributed by atoms with van der Waals surface area (Å²) in [7, 11) is 3.93. The van der Waals surface area contributed by atoms with Crippen molar-refractivity contribution in [2.45, 2.75) is 13.5 Å². The fourth-order valence-electron chi connectivity index (χ4n) is 3.72. The van der Waals surface area contributed by atoms with Gasteiger partial charge in [0.1, 0.15) is 18.0 Å². The van der Waals surface area contributed by atoms with Crippen LogP contribution in [0.5, 0.6) is 0 Å². The molecule has 0 saturated heterocycles. The number of pyridine rings is 1. The lowest BCUT2D eigenvalue weighted by molar-refractivity contribution is 0.703. The molecule has 7 nitrogen and oxygen atoms in total. The van der Waals surface area contributed by atoms with Gasteiger partial charge in [-0.1, -0.05) is 30.3 Å². The molecule has 0 amide bonds. The van der Waals surface area contributed by atoms with Crippen LogP contribution in [-0.4, -0.2) is 38.8 Å². The second kappa shape index (κ2) is 7.68. The molecule has 7 heteroatoms. The first-order valence-corrected chi connectivity index (χ1v) is 10.1. The zero-order valence-electron chi connectivity index (χ0n) is 17.7. The van der Waals surface area contributed by atoms with Crippen LogP contribution in [0.25, 0.3) is 21.8 Å². The minimum Gasteiger partial charge on any atom is -0.363 e. The van der Waals surface area contributed by atoms with Crippen molar-refractivity contribution < 1.29 is 0 Å². The second-order valence-electron chi connectivity index (χ2n) is 7.76. The van der Waals surface area contributed by atoms with E-state index < -0.39 is 0 Å². The summed E-state index contributed by atoms with van der Waals surface area (Å²) in [6.07, 6.45) is 3.34. The Hall–Kier alpha value is -4.00. The van der Waals surface area contributed by atoms with Gasteiger partial charge in [-0.15, -0.1) is 0 Å². The number of anilines is 3. The van der Waals surface area contributed by atoms with Gasteiger partial charge in [-0.25, -0.2) is 15.0 Å². The fraction of sp³-hybridized carbons (Fsp3) is 0.167. The van der Waals surface area contributed by atoms with Crippen molar-refractivity contribution in [2.75, 3.05) is 24.3 Å². The maximum Gasteiger partial charge on any atom is 0.141 e. The molecule has 31 heavy (non-hydrogen) atoms. The third-order valence-electron chi connectivity index (χ3n) is 5.34. The van der Waals surface area contributed by atoms with E-state index in [9.17, 15) is 0 Å². The Morgan fingerprint density at radius 2 is 1.77 bits per heavy atom. The largest absolute Gasteiger partial charge is 0.363 e. The Morgan fingerprint density at radius 1 is 0.935 bits per heavy atom. The molecule has 1 N–H and O–H groups in total. The predicted octanol–water partition coefficient (Wildman–Crippen LogP) is 4.54. The molecular formula is C24H23N7. The summed E-state index contributed by atoms with van der Waals surface area (Å²) in [5, 5.41) is 10.3. The molecule has 0 fully saturated rings. The van der Waals surface area contributed by atoms with E-state index in [1.807, 2.05) is 38.1 Å². The standard InChI is InChI=1S/C24H23N7/c1-16-19-11-18(9-10-22(19)31(29-16)14-17-7-5-4-6-8-17)28-24-20-12-23(30(2)3)25-13-21(20)26-15-27-24/h4-13,15H,14H2,1-3H3,(H,26,27,28). The van der Waals surface area contributed by atoms with E-state index in [0.717, 1.165) is 51.4 Å². The topological polar surface area (TPSA) is 71.8 Å². The van der Waals surface area contributed by atoms with E-state index in [-0.39, 0.29) is 0 Å². The lowest BCUT2D eigenvalue weighted by Gasteiger charge is -2.13. The van der Waals surface area contributed by atoms with Crippen LogP contribution in [0.3, 0.4) is 0 Å². The van der Waals surface area contributed by atoms with Crippen LogP contribution < -0.4 is 10.2 Å². The highest BCUT2D eigenvalue weighted by molar-refractivity contribution is 5.93. The van der Waals surface area contributed by atoms with Crippen LogP contribution in [0.15, 0.2) is 67.1 Å². The first kappa shape index (κ1) is 19.0. The van der Waals surface area contributed by atoms with Crippen LogP contribution in [0.1, 0.15) is 11.3 Å². The number of nitrogens with one attached hydrogen (secondary N) is 1. The smallest absolute Gasteiger partial charge is 0.141 e. The van der Waals surface area contributed by atoms with Crippen molar-refractivity contribution >= 4 is 39.1 Å². The van der Waals surface area contributed by atoms with Crippen molar-refractivity contribution in [3.63, 3.8) is 0 Å². The van der Waals surface area contributed by atoms with Gasteiger partial charge in [0.25, 0.3) is 0 Å². The molecule has 5 aromatic rings. The summed E-state index contributed by atoms with van der Waals surface area (Å²) < 4.78 is 2.05. The molecular weight excluding hydrogens is 386 g/mol. The number of aromatic nitrogens is 5. The van der Waals surface area contributed by atoms with Gasteiger partial charge in [0.15, 0.2) is 0 Å². The highest BCUT2D eigenvalue weighted by Gasteiger charge is 2.11. The van der Waals surface area contributed by atoms with Gasteiger partial charge in [0, 0.05) is 30.6 Å². The second-order valence-corrected chi connectivity index (χ2v) is 7.76. The van der Waals surface area contributed by atoms with Gasteiger partial charge < -0.3 is 10.2 Å². The zero-order chi connectivity index (χ0) is 21.4. The van der Waals surface area contributed by atoms with E-state index in [0.29, 0.717) is 0 Å². The molecule has 3 aromatic heterocycles. The van der Waals surface area contributed by atoms with Crippen LogP contribution in [0.4, 0.5) is 17.3 Å². The molecule has 0 unspecified atom stereocenters. The van der Waals surface area contributed by atoms with E-state index >= 15 is 0 Å². The minimum absolute atomic E-state index is 0.745. The molecule has 2 aromatic carbocycles. The highest BCUT2D eigenvalue weighted by atomic mass is 15.3. The molecule has 0 aliphatic carbocycles. The Kier molecular flexibility index (Phi) is 4.71. The Balaban J connectivity index is 1.50. The van der Waals surface area contributed by atoms with Crippen molar-refractivity contribution in [1.29, 1.82) is 0 Å². The Bertz CT molecular complexity index is 1370.